The number of aromatic nitrogens is 3. The molecule has 0 saturated heterocycles. The number of hydrogen-bond donors (Lipinski definition) is 1. The van der Waals surface area contributed by atoms with Crippen molar-refractivity contribution in [3.63, 3.8) is 0 Å². The Morgan fingerprint density at radius 3 is 2.71 bits per heavy atom. The number of rotatable bonds is 2. The Kier molecular flexibility index (Phi) is 2.89. The number of benzene rings is 1. The van der Waals surface area contributed by atoms with Crippen LogP contribution in [-0.2, 0) is 5.60 Å². The Hall–Kier alpha value is -1.46. The Morgan fingerprint density at radius 1 is 1.41 bits per heavy atom. The van der Waals surface area contributed by atoms with Crippen LogP contribution in [0.15, 0.2) is 24.4 Å². The predicted molar refractivity (Wildman–Crippen MR) is 61.6 cm³/mol. The lowest BCUT2D eigenvalue weighted by molar-refractivity contribution is 0.0737. The van der Waals surface area contributed by atoms with Gasteiger partial charge in [-0.25, -0.2) is 9.07 Å². The molecule has 1 N–H and O–H groups in total. The summed E-state index contributed by atoms with van der Waals surface area (Å²) < 4.78 is 14.8. The quantitative estimate of drug-likeness (QED) is 0.896. The topological polar surface area (TPSA) is 50.9 Å². The molecule has 0 fully saturated rings. The molecule has 2 aromatic rings. The van der Waals surface area contributed by atoms with Gasteiger partial charge >= 0.3 is 0 Å². The number of halogens is 2. The Morgan fingerprint density at radius 2 is 2.12 bits per heavy atom. The highest BCUT2D eigenvalue weighted by Gasteiger charge is 2.21. The molecular formula is C11H11ClFN3O. The first-order valence-electron chi connectivity index (χ1n) is 4.98. The number of aliphatic hydroxyl groups is 1. The average molecular weight is 256 g/mol. The van der Waals surface area contributed by atoms with Crippen LogP contribution < -0.4 is 0 Å². The standard InChI is InChI=1S/C11H11ClFN3O/c1-11(2,17)10-6-16(15-14-10)9-5-7(12)3-4-8(9)13/h3-6,17H,1-2H3. The van der Waals surface area contributed by atoms with Gasteiger partial charge in [0, 0.05) is 5.02 Å². The van der Waals surface area contributed by atoms with E-state index in [0.29, 0.717) is 10.7 Å². The van der Waals surface area contributed by atoms with Crippen LogP contribution in [0.4, 0.5) is 4.39 Å². The van der Waals surface area contributed by atoms with Crippen LogP contribution >= 0.6 is 11.6 Å². The van der Waals surface area contributed by atoms with Gasteiger partial charge in [0.1, 0.15) is 22.8 Å². The van der Waals surface area contributed by atoms with E-state index in [9.17, 15) is 9.50 Å². The zero-order valence-corrected chi connectivity index (χ0v) is 10.1. The van der Waals surface area contributed by atoms with Gasteiger partial charge in [0.2, 0.25) is 0 Å². The van der Waals surface area contributed by atoms with Crippen LogP contribution in [0.2, 0.25) is 5.02 Å². The zero-order valence-electron chi connectivity index (χ0n) is 9.35. The van der Waals surface area contributed by atoms with Gasteiger partial charge in [0.25, 0.3) is 0 Å². The Labute approximate surface area is 103 Å². The minimum Gasteiger partial charge on any atom is -0.384 e. The zero-order chi connectivity index (χ0) is 12.6. The maximum Gasteiger partial charge on any atom is 0.149 e. The summed E-state index contributed by atoms with van der Waals surface area (Å²) in [5.74, 6) is -0.457. The van der Waals surface area contributed by atoms with Crippen molar-refractivity contribution in [2.24, 2.45) is 0 Å². The molecular weight excluding hydrogens is 245 g/mol. The van der Waals surface area contributed by atoms with Crippen LogP contribution in [-0.4, -0.2) is 20.1 Å². The molecule has 0 saturated carbocycles. The van der Waals surface area contributed by atoms with E-state index in [0.717, 1.165) is 0 Å². The first kappa shape index (κ1) is 12.0. The van der Waals surface area contributed by atoms with Crippen molar-refractivity contribution in [3.8, 4) is 5.69 Å². The molecule has 0 unspecified atom stereocenters. The van der Waals surface area contributed by atoms with Crippen LogP contribution in [0, 0.1) is 5.82 Å². The molecule has 0 aliphatic carbocycles. The molecule has 0 aliphatic rings. The molecule has 4 nitrogen and oxygen atoms in total. The molecule has 0 radical (unpaired) electrons. The Bertz CT molecular complexity index is 548. The van der Waals surface area contributed by atoms with Crippen LogP contribution in [0.1, 0.15) is 19.5 Å². The van der Waals surface area contributed by atoms with Crippen LogP contribution in [0.5, 0.6) is 0 Å². The second kappa shape index (κ2) is 4.09. The second-order valence-electron chi connectivity index (χ2n) is 4.20. The van der Waals surface area contributed by atoms with Crippen molar-refractivity contribution in [1.29, 1.82) is 0 Å². The molecule has 17 heavy (non-hydrogen) atoms. The SMILES string of the molecule is CC(C)(O)c1cn(-c2cc(Cl)ccc2F)nn1. The number of nitrogens with zero attached hydrogens (tertiary/aromatic N) is 3. The molecule has 1 aromatic carbocycles. The smallest absolute Gasteiger partial charge is 0.149 e. The highest BCUT2D eigenvalue weighted by molar-refractivity contribution is 6.30. The van der Waals surface area contributed by atoms with Gasteiger partial charge in [0.05, 0.1) is 6.20 Å². The van der Waals surface area contributed by atoms with Gasteiger partial charge in [-0.2, -0.15) is 0 Å². The highest BCUT2D eigenvalue weighted by atomic mass is 35.5. The maximum absolute atomic E-state index is 13.6. The predicted octanol–water partition coefficient (Wildman–Crippen LogP) is 2.29. The van der Waals surface area contributed by atoms with Gasteiger partial charge in [-0.05, 0) is 32.0 Å². The van der Waals surface area contributed by atoms with Crippen molar-refractivity contribution in [2.45, 2.75) is 19.4 Å². The Balaban J connectivity index is 2.47. The van der Waals surface area contributed by atoms with Crippen molar-refractivity contribution in [3.05, 3.63) is 40.9 Å². The minimum atomic E-state index is -1.12. The monoisotopic (exact) mass is 255 g/mol. The van der Waals surface area contributed by atoms with E-state index < -0.39 is 11.4 Å². The van der Waals surface area contributed by atoms with E-state index in [1.54, 1.807) is 13.8 Å². The minimum absolute atomic E-state index is 0.195. The summed E-state index contributed by atoms with van der Waals surface area (Å²) in [6, 6.07) is 4.15. The summed E-state index contributed by atoms with van der Waals surface area (Å²) in [6.45, 7) is 3.16. The normalized spacial score (nSPS) is 11.8. The van der Waals surface area contributed by atoms with Gasteiger partial charge < -0.3 is 5.11 Å². The van der Waals surface area contributed by atoms with Gasteiger partial charge in [-0.15, -0.1) is 5.10 Å². The summed E-state index contributed by atoms with van der Waals surface area (Å²) >= 11 is 5.79. The summed E-state index contributed by atoms with van der Waals surface area (Å²) in [5, 5.41) is 17.7. The van der Waals surface area contributed by atoms with Crippen molar-refractivity contribution in [1.82, 2.24) is 15.0 Å². The third kappa shape index (κ3) is 2.45. The summed E-state index contributed by atoms with van der Waals surface area (Å²) in [6.07, 6.45) is 1.47. The third-order valence-corrected chi connectivity index (χ3v) is 2.51. The molecule has 6 heteroatoms. The average Bonchev–Trinajstić information content (AvgIpc) is 2.70. The summed E-state index contributed by atoms with van der Waals surface area (Å²) in [4.78, 5) is 0. The molecule has 90 valence electrons. The molecule has 2 rings (SSSR count). The summed E-state index contributed by atoms with van der Waals surface area (Å²) in [5.41, 5.74) is -0.565. The maximum atomic E-state index is 13.6. The van der Waals surface area contributed by atoms with E-state index in [4.69, 9.17) is 11.6 Å². The van der Waals surface area contributed by atoms with E-state index in [1.807, 2.05) is 0 Å². The van der Waals surface area contributed by atoms with Gasteiger partial charge in [-0.3, -0.25) is 0 Å². The first-order valence-corrected chi connectivity index (χ1v) is 5.36. The van der Waals surface area contributed by atoms with E-state index in [1.165, 1.54) is 29.1 Å². The van der Waals surface area contributed by atoms with E-state index in [2.05, 4.69) is 10.3 Å². The lowest BCUT2D eigenvalue weighted by Crippen LogP contribution is -2.15. The van der Waals surface area contributed by atoms with E-state index in [-0.39, 0.29) is 5.69 Å². The largest absolute Gasteiger partial charge is 0.384 e. The van der Waals surface area contributed by atoms with Crippen molar-refractivity contribution in [2.75, 3.05) is 0 Å². The fourth-order valence-corrected chi connectivity index (χ4v) is 1.49. The second-order valence-corrected chi connectivity index (χ2v) is 4.64. The highest BCUT2D eigenvalue weighted by Crippen LogP contribution is 2.21. The van der Waals surface area contributed by atoms with Crippen molar-refractivity contribution >= 4 is 11.6 Å². The fraction of sp³-hybridized carbons (Fsp3) is 0.273. The fourth-order valence-electron chi connectivity index (χ4n) is 1.32. The lowest BCUT2D eigenvalue weighted by Gasteiger charge is -2.11. The van der Waals surface area contributed by atoms with Crippen molar-refractivity contribution < 1.29 is 9.50 Å². The van der Waals surface area contributed by atoms with Crippen LogP contribution in [0.25, 0.3) is 5.69 Å². The molecule has 0 amide bonds. The van der Waals surface area contributed by atoms with Crippen LogP contribution in [0.3, 0.4) is 0 Å². The van der Waals surface area contributed by atoms with Gasteiger partial charge in [-0.1, -0.05) is 16.8 Å². The first-order chi connectivity index (χ1) is 7.88. The molecule has 1 aromatic heterocycles. The lowest BCUT2D eigenvalue weighted by atomic mass is 10.1. The molecule has 0 bridgehead atoms. The van der Waals surface area contributed by atoms with E-state index >= 15 is 0 Å². The molecule has 1 heterocycles. The number of hydrogen-bond acceptors (Lipinski definition) is 3. The molecule has 0 spiro atoms. The summed E-state index contributed by atoms with van der Waals surface area (Å²) in [7, 11) is 0. The third-order valence-electron chi connectivity index (χ3n) is 2.28. The molecule has 0 aliphatic heterocycles. The molecule has 0 atom stereocenters. The van der Waals surface area contributed by atoms with Gasteiger partial charge in [0.15, 0.2) is 0 Å².